The van der Waals surface area contributed by atoms with Crippen molar-refractivity contribution in [1.29, 1.82) is 5.26 Å². The Morgan fingerprint density at radius 3 is 2.78 bits per heavy atom. The van der Waals surface area contributed by atoms with Gasteiger partial charge in [0.05, 0.1) is 17.8 Å². The number of nitrogens with zero attached hydrogens (tertiary/aromatic N) is 4. The number of carbonyl (C=O) groups is 1. The standard InChI is InChI=1S/C25H32F2N4O/c1-5-6-22-21(8-7-18(13-28)24(22)29-3)19-11-17(2)14-31(15-19)23(32)12-20-9-10-30(4)16-25(20,26)27/h5-8,17,19-20H,3,9-12,14-16H2,1-2,4H3/b6-5-/t17-,19+,20+/m1/s1. The van der Waals surface area contributed by atoms with E-state index in [1.54, 1.807) is 22.9 Å². The third-order valence-electron chi connectivity index (χ3n) is 6.67. The Morgan fingerprint density at radius 2 is 2.16 bits per heavy atom. The number of amides is 1. The Kier molecular flexibility index (Phi) is 7.45. The molecule has 3 atom stereocenters. The number of alkyl halides is 2. The largest absolute Gasteiger partial charge is 0.342 e. The molecule has 2 fully saturated rings. The highest BCUT2D eigenvalue weighted by Gasteiger charge is 2.45. The minimum atomic E-state index is -2.85. The van der Waals surface area contributed by atoms with Gasteiger partial charge in [0.15, 0.2) is 0 Å². The van der Waals surface area contributed by atoms with Crippen LogP contribution in [-0.2, 0) is 4.79 Å². The fraction of sp³-hybridized carbons (Fsp3) is 0.560. The van der Waals surface area contributed by atoms with E-state index in [-0.39, 0.29) is 30.7 Å². The number of piperidine rings is 2. The fourth-order valence-corrected chi connectivity index (χ4v) is 5.11. The van der Waals surface area contributed by atoms with Gasteiger partial charge >= 0.3 is 0 Å². The lowest BCUT2D eigenvalue weighted by Crippen LogP contribution is -2.49. The quantitative estimate of drug-likeness (QED) is 0.613. The van der Waals surface area contributed by atoms with Crippen LogP contribution >= 0.6 is 0 Å². The third kappa shape index (κ3) is 5.07. The summed E-state index contributed by atoms with van der Waals surface area (Å²) < 4.78 is 29.0. The number of hydrogen-bond donors (Lipinski definition) is 0. The van der Waals surface area contributed by atoms with Crippen molar-refractivity contribution in [1.82, 2.24) is 9.80 Å². The molecule has 32 heavy (non-hydrogen) atoms. The number of aliphatic imine (C=N–C) groups is 1. The highest BCUT2D eigenvalue weighted by atomic mass is 19.3. The van der Waals surface area contributed by atoms with E-state index in [0.717, 1.165) is 17.5 Å². The first-order valence-electron chi connectivity index (χ1n) is 11.2. The van der Waals surface area contributed by atoms with Crippen LogP contribution in [0.3, 0.4) is 0 Å². The fourth-order valence-electron chi connectivity index (χ4n) is 5.11. The Labute approximate surface area is 189 Å². The lowest BCUT2D eigenvalue weighted by molar-refractivity contribution is -0.145. The summed E-state index contributed by atoms with van der Waals surface area (Å²) in [5.41, 5.74) is 2.86. The van der Waals surface area contributed by atoms with Gasteiger partial charge in [-0.25, -0.2) is 8.78 Å². The second kappa shape index (κ2) is 9.91. The molecule has 1 amide bonds. The molecule has 172 valence electrons. The van der Waals surface area contributed by atoms with Crippen molar-refractivity contribution in [2.24, 2.45) is 16.8 Å². The maximum Gasteiger partial charge on any atom is 0.263 e. The summed E-state index contributed by atoms with van der Waals surface area (Å²) in [7, 11) is 1.69. The van der Waals surface area contributed by atoms with Crippen LogP contribution in [0.25, 0.3) is 6.08 Å². The van der Waals surface area contributed by atoms with Crippen LogP contribution in [0.1, 0.15) is 55.7 Å². The number of hydrogen-bond acceptors (Lipinski definition) is 4. The molecule has 2 saturated heterocycles. The predicted octanol–water partition coefficient (Wildman–Crippen LogP) is 4.85. The number of likely N-dealkylation sites (tertiary alicyclic amines) is 2. The van der Waals surface area contributed by atoms with E-state index in [1.807, 2.05) is 25.1 Å². The molecule has 3 rings (SSSR count). The second-order valence-electron chi connectivity index (χ2n) is 9.26. The van der Waals surface area contributed by atoms with Crippen LogP contribution in [0.4, 0.5) is 14.5 Å². The monoisotopic (exact) mass is 442 g/mol. The highest BCUT2D eigenvalue weighted by Crippen LogP contribution is 2.39. The first-order valence-corrected chi connectivity index (χ1v) is 11.2. The summed E-state index contributed by atoms with van der Waals surface area (Å²) >= 11 is 0. The number of benzene rings is 1. The molecule has 0 bridgehead atoms. The van der Waals surface area contributed by atoms with Crippen LogP contribution in [0.2, 0.25) is 0 Å². The molecule has 2 aliphatic rings. The summed E-state index contributed by atoms with van der Waals surface area (Å²) in [4.78, 5) is 20.6. The second-order valence-corrected chi connectivity index (χ2v) is 9.26. The highest BCUT2D eigenvalue weighted by molar-refractivity contribution is 5.77. The Balaban J connectivity index is 1.83. The zero-order chi connectivity index (χ0) is 23.5. The summed E-state index contributed by atoms with van der Waals surface area (Å²) in [6.07, 6.45) is 4.91. The van der Waals surface area contributed by atoms with E-state index >= 15 is 0 Å². The third-order valence-corrected chi connectivity index (χ3v) is 6.67. The van der Waals surface area contributed by atoms with Gasteiger partial charge in [0.1, 0.15) is 6.07 Å². The van der Waals surface area contributed by atoms with E-state index in [2.05, 4.69) is 24.7 Å². The molecule has 2 heterocycles. The SMILES string of the molecule is C=Nc1c(C#N)ccc([C@H]2C[C@@H](C)CN(C(=O)C[C@@H]3CCN(C)CC3(F)F)C2)c1/C=C\C. The van der Waals surface area contributed by atoms with Gasteiger partial charge < -0.3 is 9.80 Å². The van der Waals surface area contributed by atoms with Crippen LogP contribution in [0, 0.1) is 23.2 Å². The number of allylic oxidation sites excluding steroid dienone is 1. The maximum absolute atomic E-state index is 14.5. The molecule has 1 aromatic carbocycles. The summed E-state index contributed by atoms with van der Waals surface area (Å²) in [5.74, 6) is -3.67. The summed E-state index contributed by atoms with van der Waals surface area (Å²) in [6, 6.07) is 5.84. The molecule has 0 aromatic heterocycles. The molecule has 5 nitrogen and oxygen atoms in total. The van der Waals surface area contributed by atoms with Gasteiger partial charge in [0.25, 0.3) is 5.92 Å². The van der Waals surface area contributed by atoms with Gasteiger partial charge in [-0.05, 0) is 57.6 Å². The minimum absolute atomic E-state index is 0.0418. The number of nitriles is 1. The van der Waals surface area contributed by atoms with Crippen molar-refractivity contribution in [2.75, 3.05) is 33.2 Å². The van der Waals surface area contributed by atoms with Crippen molar-refractivity contribution < 1.29 is 13.6 Å². The molecule has 2 aliphatic heterocycles. The van der Waals surface area contributed by atoms with Gasteiger partial charge in [-0.15, -0.1) is 0 Å². The van der Waals surface area contributed by atoms with Gasteiger partial charge in [-0.1, -0.05) is 25.1 Å². The Hall–Kier alpha value is -2.59. The number of carbonyl (C=O) groups excluding carboxylic acids is 1. The van der Waals surface area contributed by atoms with Crippen LogP contribution in [0.15, 0.2) is 23.2 Å². The average molecular weight is 443 g/mol. The van der Waals surface area contributed by atoms with Crippen molar-refractivity contribution >= 4 is 24.4 Å². The molecule has 0 saturated carbocycles. The van der Waals surface area contributed by atoms with Crippen LogP contribution in [0.5, 0.6) is 0 Å². The normalized spacial score (nSPS) is 26.1. The van der Waals surface area contributed by atoms with Crippen LogP contribution in [-0.4, -0.2) is 61.6 Å². The molecule has 7 heteroatoms. The average Bonchev–Trinajstić information content (AvgIpc) is 2.74. The molecular weight excluding hydrogens is 410 g/mol. The van der Waals surface area contributed by atoms with Crippen molar-refractivity contribution in [3.63, 3.8) is 0 Å². The molecule has 0 unspecified atom stereocenters. The van der Waals surface area contributed by atoms with E-state index in [9.17, 15) is 18.8 Å². The molecular formula is C25H32F2N4O. The zero-order valence-electron chi connectivity index (χ0n) is 19.2. The first-order chi connectivity index (χ1) is 15.2. The smallest absolute Gasteiger partial charge is 0.263 e. The molecule has 1 aromatic rings. The van der Waals surface area contributed by atoms with E-state index in [4.69, 9.17) is 0 Å². The van der Waals surface area contributed by atoms with Crippen molar-refractivity contribution in [2.45, 2.75) is 45.0 Å². The molecule has 0 radical (unpaired) electrons. The van der Waals surface area contributed by atoms with Gasteiger partial charge in [-0.2, -0.15) is 5.26 Å². The van der Waals surface area contributed by atoms with Crippen LogP contribution < -0.4 is 0 Å². The lowest BCUT2D eigenvalue weighted by Gasteiger charge is -2.40. The van der Waals surface area contributed by atoms with E-state index in [0.29, 0.717) is 37.3 Å². The summed E-state index contributed by atoms with van der Waals surface area (Å²) in [5, 5.41) is 9.44. The maximum atomic E-state index is 14.5. The van der Waals surface area contributed by atoms with Crippen molar-refractivity contribution in [3.05, 3.63) is 34.9 Å². The Bertz CT molecular complexity index is 937. The van der Waals surface area contributed by atoms with Gasteiger partial charge in [0, 0.05) is 36.9 Å². The van der Waals surface area contributed by atoms with Crippen molar-refractivity contribution in [3.8, 4) is 6.07 Å². The predicted molar refractivity (Wildman–Crippen MR) is 123 cm³/mol. The topological polar surface area (TPSA) is 59.7 Å². The zero-order valence-corrected chi connectivity index (χ0v) is 19.2. The van der Waals surface area contributed by atoms with E-state index in [1.165, 1.54) is 0 Å². The minimum Gasteiger partial charge on any atom is -0.342 e. The molecule has 0 aliphatic carbocycles. The van der Waals surface area contributed by atoms with E-state index < -0.39 is 11.8 Å². The first kappa shape index (κ1) is 24.1. The number of rotatable bonds is 5. The summed E-state index contributed by atoms with van der Waals surface area (Å²) in [6.45, 7) is 8.97. The number of halogens is 2. The Morgan fingerprint density at radius 1 is 1.41 bits per heavy atom. The van der Waals surface area contributed by atoms with Gasteiger partial charge in [0.2, 0.25) is 5.91 Å². The van der Waals surface area contributed by atoms with Gasteiger partial charge in [-0.3, -0.25) is 9.79 Å². The molecule has 0 spiro atoms. The lowest BCUT2D eigenvalue weighted by atomic mass is 9.81. The molecule has 0 N–H and O–H groups in total.